The summed E-state index contributed by atoms with van der Waals surface area (Å²) in [6, 6.07) is 3.16. The van der Waals surface area contributed by atoms with Gasteiger partial charge in [-0.15, -0.1) is 0 Å². The van der Waals surface area contributed by atoms with Crippen molar-refractivity contribution in [3.05, 3.63) is 22.2 Å². The first-order valence-electron chi connectivity index (χ1n) is 7.23. The van der Waals surface area contributed by atoms with Gasteiger partial charge in [-0.05, 0) is 25.3 Å². The molecule has 2 atom stereocenters. The maximum absolute atomic E-state index is 11.2. The Kier molecular flexibility index (Phi) is 4.95. The van der Waals surface area contributed by atoms with Crippen LogP contribution in [0.4, 0.5) is 17.3 Å². The van der Waals surface area contributed by atoms with E-state index in [0.29, 0.717) is 24.1 Å². The summed E-state index contributed by atoms with van der Waals surface area (Å²) >= 11 is 0. The fourth-order valence-corrected chi connectivity index (χ4v) is 2.63. The third-order valence-corrected chi connectivity index (χ3v) is 3.90. The number of aromatic nitrogens is 1. The number of nitrogens with one attached hydrogen (secondary N) is 1. The highest BCUT2D eigenvalue weighted by Crippen LogP contribution is 2.31. The molecule has 0 saturated carbocycles. The summed E-state index contributed by atoms with van der Waals surface area (Å²) in [6.07, 6.45) is 1.01. The minimum Gasteiger partial charge on any atom is -0.379 e. The molecule has 1 aliphatic rings. The number of nitro groups is 1. The average Bonchev–Trinajstić information content (AvgIpc) is 2.48. The van der Waals surface area contributed by atoms with Crippen LogP contribution in [0.25, 0.3) is 0 Å². The van der Waals surface area contributed by atoms with Crippen LogP contribution in [-0.2, 0) is 4.74 Å². The topological polar surface area (TPSA) is 80.5 Å². The number of hydrogen-bond acceptors (Lipinski definition) is 6. The van der Waals surface area contributed by atoms with Gasteiger partial charge < -0.3 is 15.0 Å². The van der Waals surface area contributed by atoms with E-state index in [-0.39, 0.29) is 16.7 Å². The number of methoxy groups -OCH3 is 1. The van der Waals surface area contributed by atoms with Gasteiger partial charge in [-0.25, -0.2) is 4.98 Å². The molecule has 1 aromatic rings. The predicted octanol–water partition coefficient (Wildman–Crippen LogP) is 2.28. The second-order valence-corrected chi connectivity index (χ2v) is 5.31. The molecule has 0 radical (unpaired) electrons. The molecule has 7 nitrogen and oxygen atoms in total. The first-order chi connectivity index (χ1) is 10.1. The van der Waals surface area contributed by atoms with E-state index < -0.39 is 0 Å². The van der Waals surface area contributed by atoms with E-state index in [9.17, 15) is 10.1 Å². The van der Waals surface area contributed by atoms with E-state index in [1.54, 1.807) is 13.2 Å². The largest absolute Gasteiger partial charge is 0.379 e. The number of pyridine rings is 1. The molecule has 0 aromatic carbocycles. The Hall–Kier alpha value is -1.89. The first-order valence-corrected chi connectivity index (χ1v) is 7.23. The quantitative estimate of drug-likeness (QED) is 0.663. The Labute approximate surface area is 124 Å². The molecule has 0 bridgehead atoms. The second-order valence-electron chi connectivity index (χ2n) is 5.31. The molecule has 1 N–H and O–H groups in total. The number of ether oxygens (including phenoxy) is 1. The fraction of sp³-hybridized carbons (Fsp3) is 0.643. The van der Waals surface area contributed by atoms with Gasteiger partial charge in [0.1, 0.15) is 5.82 Å². The van der Waals surface area contributed by atoms with Gasteiger partial charge in [-0.1, -0.05) is 6.92 Å². The second kappa shape index (κ2) is 6.71. The maximum Gasteiger partial charge on any atom is 0.311 e. The van der Waals surface area contributed by atoms with Gasteiger partial charge in [0.05, 0.1) is 11.0 Å². The highest BCUT2D eigenvalue weighted by Gasteiger charge is 2.30. The minimum atomic E-state index is -0.377. The highest BCUT2D eigenvalue weighted by atomic mass is 16.6. The minimum absolute atomic E-state index is 0.0426. The lowest BCUT2D eigenvalue weighted by molar-refractivity contribution is -0.384. The van der Waals surface area contributed by atoms with Crippen LogP contribution in [0.5, 0.6) is 0 Å². The van der Waals surface area contributed by atoms with Gasteiger partial charge in [-0.3, -0.25) is 10.1 Å². The highest BCUT2D eigenvalue weighted by molar-refractivity contribution is 5.62. The third-order valence-electron chi connectivity index (χ3n) is 3.90. The number of piperidine rings is 1. The molecule has 2 heterocycles. The van der Waals surface area contributed by atoms with Crippen LogP contribution in [0.3, 0.4) is 0 Å². The summed E-state index contributed by atoms with van der Waals surface area (Å²) in [6.45, 7) is 6.21. The first kappa shape index (κ1) is 15.5. The molecule has 0 spiro atoms. The zero-order valence-electron chi connectivity index (χ0n) is 12.7. The van der Waals surface area contributed by atoms with E-state index in [2.05, 4.69) is 17.2 Å². The van der Waals surface area contributed by atoms with Gasteiger partial charge in [0, 0.05) is 32.8 Å². The lowest BCUT2D eigenvalue weighted by Gasteiger charge is -2.36. The molecule has 0 aliphatic carbocycles. The number of nitrogens with zero attached hydrogens (tertiary/aromatic N) is 3. The van der Waals surface area contributed by atoms with Gasteiger partial charge in [0.2, 0.25) is 5.82 Å². The summed E-state index contributed by atoms with van der Waals surface area (Å²) in [7, 11) is 1.68. The smallest absolute Gasteiger partial charge is 0.311 e. The zero-order chi connectivity index (χ0) is 15.4. The Morgan fingerprint density at radius 1 is 1.57 bits per heavy atom. The van der Waals surface area contributed by atoms with Crippen molar-refractivity contribution in [1.82, 2.24) is 4.98 Å². The summed E-state index contributed by atoms with van der Waals surface area (Å²) in [5, 5.41) is 14.3. The van der Waals surface area contributed by atoms with Crippen LogP contribution >= 0.6 is 0 Å². The number of anilines is 2. The fourth-order valence-electron chi connectivity index (χ4n) is 2.63. The van der Waals surface area contributed by atoms with Crippen molar-refractivity contribution in [2.24, 2.45) is 5.92 Å². The molecule has 116 valence electrons. The zero-order valence-corrected chi connectivity index (χ0v) is 12.7. The van der Waals surface area contributed by atoms with Crippen LogP contribution in [0.15, 0.2) is 12.1 Å². The SMILES string of the molecule is CCNc1ccc([N+](=O)[O-])c(N2CCC(C)C(OC)C2)n1. The van der Waals surface area contributed by atoms with Crippen molar-refractivity contribution in [3.8, 4) is 0 Å². The van der Waals surface area contributed by atoms with Crippen molar-refractivity contribution in [2.45, 2.75) is 26.4 Å². The lowest BCUT2D eigenvalue weighted by Crippen LogP contribution is -2.44. The molecule has 1 aliphatic heterocycles. The molecule has 1 saturated heterocycles. The molecule has 21 heavy (non-hydrogen) atoms. The van der Waals surface area contributed by atoms with Crippen molar-refractivity contribution >= 4 is 17.3 Å². The molecule has 2 unspecified atom stereocenters. The van der Waals surface area contributed by atoms with E-state index in [0.717, 1.165) is 19.5 Å². The van der Waals surface area contributed by atoms with Crippen molar-refractivity contribution in [1.29, 1.82) is 0 Å². The Morgan fingerprint density at radius 3 is 2.95 bits per heavy atom. The third kappa shape index (κ3) is 3.41. The van der Waals surface area contributed by atoms with Gasteiger partial charge in [0.25, 0.3) is 0 Å². The molecular weight excluding hydrogens is 272 g/mol. The van der Waals surface area contributed by atoms with E-state index in [1.807, 2.05) is 11.8 Å². The van der Waals surface area contributed by atoms with Gasteiger partial charge >= 0.3 is 5.69 Å². The summed E-state index contributed by atoms with van der Waals surface area (Å²) in [5.74, 6) is 1.53. The molecule has 1 aromatic heterocycles. The Balaban J connectivity index is 2.31. The Bertz CT molecular complexity index is 509. The van der Waals surface area contributed by atoms with Crippen LogP contribution in [0.1, 0.15) is 20.3 Å². The van der Waals surface area contributed by atoms with Crippen molar-refractivity contribution in [3.63, 3.8) is 0 Å². The molecule has 2 rings (SSSR count). The summed E-state index contributed by atoms with van der Waals surface area (Å²) in [4.78, 5) is 17.2. The van der Waals surface area contributed by atoms with Crippen LogP contribution in [0, 0.1) is 16.0 Å². The van der Waals surface area contributed by atoms with E-state index >= 15 is 0 Å². The van der Waals surface area contributed by atoms with E-state index in [1.165, 1.54) is 6.07 Å². The summed E-state index contributed by atoms with van der Waals surface area (Å²) in [5.41, 5.74) is 0.0426. The van der Waals surface area contributed by atoms with Crippen molar-refractivity contribution in [2.75, 3.05) is 37.0 Å². The van der Waals surface area contributed by atoms with Crippen molar-refractivity contribution < 1.29 is 9.66 Å². The van der Waals surface area contributed by atoms with Crippen LogP contribution in [-0.4, -0.2) is 42.8 Å². The Morgan fingerprint density at radius 2 is 2.33 bits per heavy atom. The normalized spacial score (nSPS) is 22.1. The van der Waals surface area contributed by atoms with Crippen LogP contribution in [0.2, 0.25) is 0 Å². The predicted molar refractivity (Wildman–Crippen MR) is 81.8 cm³/mol. The van der Waals surface area contributed by atoms with Gasteiger partial charge in [-0.2, -0.15) is 0 Å². The average molecular weight is 294 g/mol. The monoisotopic (exact) mass is 294 g/mol. The summed E-state index contributed by atoms with van der Waals surface area (Å²) < 4.78 is 5.48. The number of rotatable bonds is 5. The van der Waals surface area contributed by atoms with Crippen LogP contribution < -0.4 is 10.2 Å². The molecule has 7 heteroatoms. The standard InChI is InChI=1S/C14H22N4O3/c1-4-15-13-6-5-11(18(19)20)14(16-13)17-8-7-10(2)12(9-17)21-3/h5-6,10,12H,4,7-9H2,1-3H3,(H,15,16). The van der Waals surface area contributed by atoms with Gasteiger partial charge in [0.15, 0.2) is 0 Å². The number of hydrogen-bond donors (Lipinski definition) is 1. The maximum atomic E-state index is 11.2. The lowest BCUT2D eigenvalue weighted by atomic mass is 9.96. The molecule has 1 fully saturated rings. The molecular formula is C14H22N4O3. The molecule has 0 amide bonds. The van der Waals surface area contributed by atoms with E-state index in [4.69, 9.17) is 4.74 Å².